The van der Waals surface area contributed by atoms with Gasteiger partial charge in [0.2, 0.25) is 0 Å². The first-order chi connectivity index (χ1) is 8.97. The summed E-state index contributed by atoms with van der Waals surface area (Å²) >= 11 is 15.7. The van der Waals surface area contributed by atoms with Crippen LogP contribution in [0.2, 0.25) is 10.0 Å². The topological polar surface area (TPSA) is 26.0 Å². The van der Waals surface area contributed by atoms with Gasteiger partial charge < -0.3 is 5.73 Å². The van der Waals surface area contributed by atoms with Crippen LogP contribution < -0.4 is 5.73 Å². The minimum Gasteiger partial charge on any atom is -0.324 e. The molecule has 1 unspecified atom stereocenters. The summed E-state index contributed by atoms with van der Waals surface area (Å²) in [6, 6.07) is 11.5. The van der Waals surface area contributed by atoms with E-state index < -0.39 is 0 Å². The summed E-state index contributed by atoms with van der Waals surface area (Å²) < 4.78 is 1.07. The molecule has 0 heterocycles. The van der Waals surface area contributed by atoms with Gasteiger partial charge in [-0.05, 0) is 54.3 Å². The summed E-state index contributed by atoms with van der Waals surface area (Å²) in [6.07, 6.45) is 0.662. The predicted octanol–water partition coefficient (Wildman–Crippen LogP) is 5.31. The molecule has 0 spiro atoms. The van der Waals surface area contributed by atoms with Crippen molar-refractivity contribution in [2.45, 2.75) is 19.4 Å². The molecular weight excluding hydrogens is 345 g/mol. The van der Waals surface area contributed by atoms with Gasteiger partial charge in [0.05, 0.1) is 0 Å². The van der Waals surface area contributed by atoms with Crippen LogP contribution in [0.25, 0.3) is 0 Å². The summed E-state index contributed by atoms with van der Waals surface area (Å²) in [7, 11) is 0. The van der Waals surface area contributed by atoms with Crippen LogP contribution in [0.4, 0.5) is 0 Å². The molecule has 2 rings (SSSR count). The van der Waals surface area contributed by atoms with Crippen LogP contribution in [-0.2, 0) is 6.42 Å². The lowest BCUT2D eigenvalue weighted by Gasteiger charge is -2.14. The summed E-state index contributed by atoms with van der Waals surface area (Å²) in [6.45, 7) is 2.05. The van der Waals surface area contributed by atoms with E-state index in [1.54, 1.807) is 12.1 Å². The van der Waals surface area contributed by atoms with Crippen molar-refractivity contribution in [3.8, 4) is 0 Å². The zero-order chi connectivity index (χ0) is 14.0. The Kier molecular flexibility index (Phi) is 4.91. The number of hydrogen-bond acceptors (Lipinski definition) is 1. The molecule has 0 saturated carbocycles. The molecular formula is C15H14BrCl2N. The van der Waals surface area contributed by atoms with Gasteiger partial charge in [-0.2, -0.15) is 0 Å². The third-order valence-electron chi connectivity index (χ3n) is 3.07. The zero-order valence-electron chi connectivity index (χ0n) is 10.5. The number of nitrogens with two attached hydrogens (primary N) is 1. The maximum Gasteiger partial charge on any atom is 0.0439 e. The molecule has 0 saturated heterocycles. The fourth-order valence-electron chi connectivity index (χ4n) is 1.89. The SMILES string of the molecule is Cc1ccc(C(N)Cc2cc(Cl)ccc2Cl)cc1Br. The average molecular weight is 359 g/mol. The molecule has 2 aromatic carbocycles. The van der Waals surface area contributed by atoms with Gasteiger partial charge in [-0.3, -0.25) is 0 Å². The highest BCUT2D eigenvalue weighted by atomic mass is 79.9. The van der Waals surface area contributed by atoms with Crippen molar-refractivity contribution in [1.82, 2.24) is 0 Å². The first kappa shape index (κ1) is 14.9. The normalized spacial score (nSPS) is 12.5. The third kappa shape index (κ3) is 3.73. The first-order valence-corrected chi connectivity index (χ1v) is 7.48. The van der Waals surface area contributed by atoms with Crippen LogP contribution in [0.15, 0.2) is 40.9 Å². The molecule has 0 aliphatic carbocycles. The Labute approximate surface area is 131 Å². The molecule has 1 nitrogen and oxygen atoms in total. The Hall–Kier alpha value is -0.540. The molecule has 0 amide bonds. The van der Waals surface area contributed by atoms with Crippen LogP contribution in [-0.4, -0.2) is 0 Å². The number of hydrogen-bond donors (Lipinski definition) is 1. The Morgan fingerprint density at radius 3 is 2.58 bits per heavy atom. The number of halogens is 3. The third-order valence-corrected chi connectivity index (χ3v) is 4.53. The summed E-state index contributed by atoms with van der Waals surface area (Å²) in [5.41, 5.74) is 9.48. The molecule has 0 aliphatic heterocycles. The van der Waals surface area contributed by atoms with E-state index in [0.29, 0.717) is 16.5 Å². The number of benzene rings is 2. The summed E-state index contributed by atoms with van der Waals surface area (Å²) in [5.74, 6) is 0. The number of aryl methyl sites for hydroxylation is 1. The molecule has 0 bridgehead atoms. The maximum absolute atomic E-state index is 6.24. The minimum absolute atomic E-state index is 0.104. The van der Waals surface area contributed by atoms with Gasteiger partial charge in [-0.15, -0.1) is 0 Å². The van der Waals surface area contributed by atoms with Crippen LogP contribution in [0, 0.1) is 6.92 Å². The van der Waals surface area contributed by atoms with Gasteiger partial charge in [0.1, 0.15) is 0 Å². The van der Waals surface area contributed by atoms with Gasteiger partial charge in [0, 0.05) is 20.6 Å². The highest BCUT2D eigenvalue weighted by Crippen LogP contribution is 2.27. The Balaban J connectivity index is 2.22. The van der Waals surface area contributed by atoms with Crippen molar-refractivity contribution in [3.63, 3.8) is 0 Å². The standard InChI is InChI=1S/C15H14BrCl2N/c1-9-2-3-10(7-13(9)16)15(19)8-11-6-12(17)4-5-14(11)18/h2-7,15H,8,19H2,1H3. The van der Waals surface area contributed by atoms with Crippen LogP contribution >= 0.6 is 39.1 Å². The second-order valence-corrected chi connectivity index (χ2v) is 6.25. The fourth-order valence-corrected chi connectivity index (χ4v) is 2.68. The van der Waals surface area contributed by atoms with E-state index in [2.05, 4.69) is 28.1 Å². The van der Waals surface area contributed by atoms with Gasteiger partial charge in [0.25, 0.3) is 0 Å². The van der Waals surface area contributed by atoms with Crippen LogP contribution in [0.5, 0.6) is 0 Å². The van der Waals surface area contributed by atoms with Crippen LogP contribution in [0.3, 0.4) is 0 Å². The van der Waals surface area contributed by atoms with Crippen molar-refractivity contribution >= 4 is 39.1 Å². The van der Waals surface area contributed by atoms with Crippen molar-refractivity contribution in [3.05, 3.63) is 67.6 Å². The van der Waals surface area contributed by atoms with Crippen molar-refractivity contribution < 1.29 is 0 Å². The van der Waals surface area contributed by atoms with Crippen molar-refractivity contribution in [1.29, 1.82) is 0 Å². The van der Waals surface area contributed by atoms with Gasteiger partial charge in [-0.25, -0.2) is 0 Å². The van der Waals surface area contributed by atoms with Crippen molar-refractivity contribution in [2.75, 3.05) is 0 Å². The molecule has 4 heteroatoms. The molecule has 1 atom stereocenters. The molecule has 0 radical (unpaired) electrons. The second kappa shape index (κ2) is 6.27. The Bertz CT molecular complexity index is 599. The fraction of sp³-hybridized carbons (Fsp3) is 0.200. The first-order valence-electron chi connectivity index (χ1n) is 5.93. The zero-order valence-corrected chi connectivity index (χ0v) is 13.6. The van der Waals surface area contributed by atoms with E-state index >= 15 is 0 Å². The largest absolute Gasteiger partial charge is 0.324 e. The van der Waals surface area contributed by atoms with Gasteiger partial charge in [0.15, 0.2) is 0 Å². The molecule has 2 aromatic rings. The lowest BCUT2D eigenvalue weighted by atomic mass is 9.99. The molecule has 100 valence electrons. The smallest absolute Gasteiger partial charge is 0.0439 e. The highest BCUT2D eigenvalue weighted by molar-refractivity contribution is 9.10. The molecule has 0 aliphatic rings. The lowest BCUT2D eigenvalue weighted by molar-refractivity contribution is 0.721. The lowest BCUT2D eigenvalue weighted by Crippen LogP contribution is -2.13. The second-order valence-electron chi connectivity index (χ2n) is 4.55. The molecule has 2 N–H and O–H groups in total. The van der Waals surface area contributed by atoms with E-state index in [0.717, 1.165) is 15.6 Å². The highest BCUT2D eigenvalue weighted by Gasteiger charge is 2.11. The van der Waals surface area contributed by atoms with E-state index in [-0.39, 0.29) is 6.04 Å². The number of rotatable bonds is 3. The average Bonchev–Trinajstić information content (AvgIpc) is 2.37. The van der Waals surface area contributed by atoms with E-state index in [1.807, 2.05) is 19.1 Å². The Morgan fingerprint density at radius 2 is 1.89 bits per heavy atom. The Morgan fingerprint density at radius 1 is 1.16 bits per heavy atom. The summed E-state index contributed by atoms with van der Waals surface area (Å²) in [5, 5.41) is 1.38. The van der Waals surface area contributed by atoms with Gasteiger partial charge in [-0.1, -0.05) is 51.3 Å². The van der Waals surface area contributed by atoms with Crippen LogP contribution in [0.1, 0.15) is 22.7 Å². The quantitative estimate of drug-likeness (QED) is 0.790. The van der Waals surface area contributed by atoms with E-state index in [1.165, 1.54) is 5.56 Å². The maximum atomic E-state index is 6.24. The summed E-state index contributed by atoms with van der Waals surface area (Å²) in [4.78, 5) is 0. The minimum atomic E-state index is -0.104. The van der Waals surface area contributed by atoms with Crippen molar-refractivity contribution in [2.24, 2.45) is 5.73 Å². The molecule has 0 aromatic heterocycles. The molecule has 0 fully saturated rings. The van der Waals surface area contributed by atoms with Gasteiger partial charge >= 0.3 is 0 Å². The monoisotopic (exact) mass is 357 g/mol. The van der Waals surface area contributed by atoms with E-state index in [4.69, 9.17) is 28.9 Å². The predicted molar refractivity (Wildman–Crippen MR) is 86.0 cm³/mol. The van der Waals surface area contributed by atoms with E-state index in [9.17, 15) is 0 Å². The molecule has 19 heavy (non-hydrogen) atoms.